The van der Waals surface area contributed by atoms with E-state index in [0.29, 0.717) is 13.0 Å². The van der Waals surface area contributed by atoms with Crippen LogP contribution < -0.4 is 5.73 Å². The van der Waals surface area contributed by atoms with Gasteiger partial charge in [-0.15, -0.1) is 0 Å². The van der Waals surface area contributed by atoms with Gasteiger partial charge in [-0.1, -0.05) is 42.5 Å². The van der Waals surface area contributed by atoms with Gasteiger partial charge >= 0.3 is 0 Å². The zero-order valence-corrected chi connectivity index (χ0v) is 10.6. The molecule has 1 unspecified atom stereocenters. The molecule has 1 atom stereocenters. The lowest BCUT2D eigenvalue weighted by Crippen LogP contribution is -2.23. The Balaban J connectivity index is 2.11. The van der Waals surface area contributed by atoms with E-state index in [1.165, 1.54) is 0 Å². The lowest BCUT2D eigenvalue weighted by atomic mass is 9.91. The Labute approximate surface area is 112 Å². The molecule has 2 aromatic rings. The van der Waals surface area contributed by atoms with Crippen molar-refractivity contribution in [2.75, 3.05) is 6.54 Å². The predicted octanol–water partition coefficient (Wildman–Crippen LogP) is 2.25. The molecular formula is C16H17NO2. The maximum atomic E-state index is 12.3. The number of aromatic hydroxyl groups is 1. The summed E-state index contributed by atoms with van der Waals surface area (Å²) in [7, 11) is 0. The Bertz CT molecular complexity index is 534. The van der Waals surface area contributed by atoms with E-state index in [1.807, 2.05) is 30.3 Å². The molecule has 3 heteroatoms. The Hall–Kier alpha value is -2.13. The van der Waals surface area contributed by atoms with Gasteiger partial charge in [0.25, 0.3) is 0 Å². The zero-order valence-electron chi connectivity index (χ0n) is 10.6. The molecule has 0 fully saturated rings. The summed E-state index contributed by atoms with van der Waals surface area (Å²) >= 11 is 0. The lowest BCUT2D eigenvalue weighted by molar-refractivity contribution is -0.119. The molecular weight excluding hydrogens is 238 g/mol. The minimum absolute atomic E-state index is 0.0967. The van der Waals surface area contributed by atoms with Crippen LogP contribution in [0.3, 0.4) is 0 Å². The average Bonchev–Trinajstić information content (AvgIpc) is 2.43. The van der Waals surface area contributed by atoms with Crippen LogP contribution in [0, 0.1) is 0 Å². The molecule has 0 aliphatic rings. The second-order valence-electron chi connectivity index (χ2n) is 4.51. The van der Waals surface area contributed by atoms with Gasteiger partial charge in [0.15, 0.2) is 0 Å². The highest BCUT2D eigenvalue weighted by molar-refractivity contribution is 5.87. The number of phenolic OH excluding ortho intramolecular Hbond substituents is 1. The maximum absolute atomic E-state index is 12.3. The Morgan fingerprint density at radius 1 is 1.05 bits per heavy atom. The Morgan fingerprint density at radius 3 is 2.26 bits per heavy atom. The largest absolute Gasteiger partial charge is 0.508 e. The third-order valence-electron chi connectivity index (χ3n) is 3.14. The fraction of sp³-hybridized carbons (Fsp3) is 0.188. The number of rotatable bonds is 5. The van der Waals surface area contributed by atoms with Crippen LogP contribution in [-0.4, -0.2) is 17.4 Å². The van der Waals surface area contributed by atoms with Crippen molar-refractivity contribution in [3.05, 3.63) is 65.7 Å². The van der Waals surface area contributed by atoms with Gasteiger partial charge in [0, 0.05) is 13.0 Å². The van der Waals surface area contributed by atoms with E-state index < -0.39 is 0 Å². The highest BCUT2D eigenvalue weighted by Gasteiger charge is 2.18. The van der Waals surface area contributed by atoms with Crippen molar-refractivity contribution >= 4 is 5.78 Å². The summed E-state index contributed by atoms with van der Waals surface area (Å²) in [4.78, 5) is 12.3. The van der Waals surface area contributed by atoms with Gasteiger partial charge in [0.1, 0.15) is 11.5 Å². The van der Waals surface area contributed by atoms with Gasteiger partial charge < -0.3 is 10.8 Å². The highest BCUT2D eigenvalue weighted by atomic mass is 16.3. The molecule has 0 bridgehead atoms. The summed E-state index contributed by atoms with van der Waals surface area (Å²) in [6.07, 6.45) is 0.330. The summed E-state index contributed by atoms with van der Waals surface area (Å²) < 4.78 is 0. The van der Waals surface area contributed by atoms with E-state index in [2.05, 4.69) is 0 Å². The van der Waals surface area contributed by atoms with Crippen LogP contribution in [0.2, 0.25) is 0 Å². The summed E-state index contributed by atoms with van der Waals surface area (Å²) in [6, 6.07) is 16.3. The molecule has 3 N–H and O–H groups in total. The highest BCUT2D eigenvalue weighted by Crippen LogP contribution is 2.18. The number of benzene rings is 2. The number of carbonyl (C=O) groups excluding carboxylic acids is 1. The summed E-state index contributed by atoms with van der Waals surface area (Å²) in [6.45, 7) is 0.306. The van der Waals surface area contributed by atoms with E-state index in [9.17, 15) is 9.90 Å². The van der Waals surface area contributed by atoms with E-state index >= 15 is 0 Å². The third-order valence-corrected chi connectivity index (χ3v) is 3.14. The molecule has 0 saturated heterocycles. The predicted molar refractivity (Wildman–Crippen MR) is 75.1 cm³/mol. The number of Topliss-reactive ketones (excluding diaryl/α,β-unsaturated/α-hetero) is 1. The summed E-state index contributed by atoms with van der Waals surface area (Å²) in [5.74, 6) is 0.0315. The minimum Gasteiger partial charge on any atom is -0.508 e. The smallest absolute Gasteiger partial charge is 0.145 e. The van der Waals surface area contributed by atoms with Gasteiger partial charge in [-0.3, -0.25) is 4.79 Å². The number of phenols is 1. The quantitative estimate of drug-likeness (QED) is 0.861. The van der Waals surface area contributed by atoms with Crippen LogP contribution in [0.25, 0.3) is 0 Å². The van der Waals surface area contributed by atoms with Gasteiger partial charge in [-0.2, -0.15) is 0 Å². The van der Waals surface area contributed by atoms with Crippen LogP contribution in [0.4, 0.5) is 0 Å². The molecule has 98 valence electrons. The second-order valence-corrected chi connectivity index (χ2v) is 4.51. The van der Waals surface area contributed by atoms with Gasteiger partial charge in [0.05, 0.1) is 5.92 Å². The molecule has 3 nitrogen and oxygen atoms in total. The summed E-state index contributed by atoms with van der Waals surface area (Å²) in [5.41, 5.74) is 7.56. The first-order valence-corrected chi connectivity index (χ1v) is 6.26. The van der Waals surface area contributed by atoms with E-state index in [1.54, 1.807) is 24.3 Å². The standard InChI is InChI=1S/C16H17NO2/c17-11-15(13-4-2-1-3-5-13)16(19)10-12-6-8-14(18)9-7-12/h1-9,15,18H,10-11,17H2. The SMILES string of the molecule is NCC(C(=O)Cc1ccc(O)cc1)c1ccccc1. The van der Waals surface area contributed by atoms with Crippen molar-refractivity contribution in [2.24, 2.45) is 5.73 Å². The van der Waals surface area contributed by atoms with Crippen molar-refractivity contribution in [1.82, 2.24) is 0 Å². The van der Waals surface area contributed by atoms with Gasteiger partial charge in [0.2, 0.25) is 0 Å². The third kappa shape index (κ3) is 3.42. The van der Waals surface area contributed by atoms with Crippen molar-refractivity contribution in [3.8, 4) is 5.75 Å². The molecule has 0 amide bonds. The molecule has 0 radical (unpaired) electrons. The number of nitrogens with two attached hydrogens (primary N) is 1. The molecule has 2 rings (SSSR count). The van der Waals surface area contributed by atoms with Crippen molar-refractivity contribution in [2.45, 2.75) is 12.3 Å². The number of hydrogen-bond donors (Lipinski definition) is 2. The first kappa shape index (κ1) is 13.3. The molecule has 0 aromatic heterocycles. The minimum atomic E-state index is -0.269. The topological polar surface area (TPSA) is 63.3 Å². The zero-order chi connectivity index (χ0) is 13.7. The van der Waals surface area contributed by atoms with Crippen LogP contribution in [-0.2, 0) is 11.2 Å². The van der Waals surface area contributed by atoms with Crippen molar-refractivity contribution in [1.29, 1.82) is 0 Å². The fourth-order valence-electron chi connectivity index (χ4n) is 2.08. The van der Waals surface area contributed by atoms with E-state index in [4.69, 9.17) is 5.73 Å². The van der Waals surface area contributed by atoms with Crippen LogP contribution in [0.1, 0.15) is 17.0 Å². The second kappa shape index (κ2) is 6.16. The number of hydrogen-bond acceptors (Lipinski definition) is 3. The van der Waals surface area contributed by atoms with Crippen molar-refractivity contribution < 1.29 is 9.90 Å². The first-order chi connectivity index (χ1) is 9.20. The maximum Gasteiger partial charge on any atom is 0.145 e. The number of carbonyl (C=O) groups is 1. The summed E-state index contributed by atoms with van der Waals surface area (Å²) in [5, 5.41) is 9.22. The first-order valence-electron chi connectivity index (χ1n) is 6.26. The molecule has 19 heavy (non-hydrogen) atoms. The molecule has 0 heterocycles. The van der Waals surface area contributed by atoms with Gasteiger partial charge in [-0.25, -0.2) is 0 Å². The van der Waals surface area contributed by atoms with E-state index in [0.717, 1.165) is 11.1 Å². The molecule has 0 spiro atoms. The lowest BCUT2D eigenvalue weighted by Gasteiger charge is -2.14. The Morgan fingerprint density at radius 2 is 1.68 bits per heavy atom. The van der Waals surface area contributed by atoms with Crippen LogP contribution >= 0.6 is 0 Å². The monoisotopic (exact) mass is 255 g/mol. The van der Waals surface area contributed by atoms with Crippen LogP contribution in [0.5, 0.6) is 5.75 Å². The fourth-order valence-corrected chi connectivity index (χ4v) is 2.08. The Kier molecular flexibility index (Phi) is 4.31. The average molecular weight is 255 g/mol. The molecule has 0 saturated carbocycles. The normalized spacial score (nSPS) is 12.1. The molecule has 0 aliphatic carbocycles. The van der Waals surface area contributed by atoms with Crippen molar-refractivity contribution in [3.63, 3.8) is 0 Å². The van der Waals surface area contributed by atoms with E-state index in [-0.39, 0.29) is 17.5 Å². The number of ketones is 1. The molecule has 2 aromatic carbocycles. The van der Waals surface area contributed by atoms with Gasteiger partial charge in [-0.05, 0) is 23.3 Å². The van der Waals surface area contributed by atoms with Crippen LogP contribution in [0.15, 0.2) is 54.6 Å². The molecule has 0 aliphatic heterocycles.